The highest BCUT2D eigenvalue weighted by atomic mass is 127. The monoisotopic (exact) mass is 498 g/mol. The molecule has 27 heavy (non-hydrogen) atoms. The summed E-state index contributed by atoms with van der Waals surface area (Å²) in [5, 5.41) is 4.14. The second-order valence-corrected chi connectivity index (χ2v) is 8.07. The van der Waals surface area contributed by atoms with Crippen LogP contribution in [0.15, 0.2) is 24.4 Å². The van der Waals surface area contributed by atoms with Crippen molar-refractivity contribution in [2.45, 2.75) is 38.8 Å². The first-order chi connectivity index (χ1) is 12.9. The zero-order valence-corrected chi connectivity index (χ0v) is 18.6. The summed E-state index contributed by atoms with van der Waals surface area (Å²) in [5.41, 5.74) is 4.46. The molecular weight excluding hydrogens is 475 g/mol. The Morgan fingerprint density at radius 2 is 2.15 bits per heavy atom. The van der Waals surface area contributed by atoms with Crippen molar-refractivity contribution in [3.63, 3.8) is 0 Å². The molecule has 2 unspecified atom stereocenters. The van der Waals surface area contributed by atoms with Crippen LogP contribution < -0.4 is 5.32 Å². The standard InChI is InChI=1S/C19H23IN4O2S/c1-11-15(16(20)12(2)22-11)18-17(13-7-4-5-9-21-13)23-19(27)24(18)10-6-8-14(25)26-3/h4-5,7,9,17-18,22H,6,8,10H2,1-3H3,(H,23,27). The maximum atomic E-state index is 11.5. The summed E-state index contributed by atoms with van der Waals surface area (Å²) in [5.74, 6) is -0.200. The van der Waals surface area contributed by atoms with Crippen LogP contribution >= 0.6 is 34.8 Å². The molecule has 1 aliphatic rings. The van der Waals surface area contributed by atoms with Crippen LogP contribution in [0.2, 0.25) is 0 Å². The second kappa shape index (κ2) is 8.55. The van der Waals surface area contributed by atoms with E-state index in [4.69, 9.17) is 17.0 Å². The molecule has 2 atom stereocenters. The van der Waals surface area contributed by atoms with Crippen molar-refractivity contribution < 1.29 is 9.53 Å². The lowest BCUT2D eigenvalue weighted by atomic mass is 9.96. The lowest BCUT2D eigenvalue weighted by molar-refractivity contribution is -0.140. The maximum Gasteiger partial charge on any atom is 0.305 e. The van der Waals surface area contributed by atoms with Crippen LogP contribution in [0.3, 0.4) is 0 Å². The molecule has 0 bridgehead atoms. The van der Waals surface area contributed by atoms with Crippen LogP contribution in [-0.4, -0.2) is 39.6 Å². The zero-order chi connectivity index (χ0) is 19.6. The van der Waals surface area contributed by atoms with Gasteiger partial charge in [0.2, 0.25) is 0 Å². The molecule has 3 heterocycles. The summed E-state index contributed by atoms with van der Waals surface area (Å²) in [6.07, 6.45) is 2.86. The number of methoxy groups -OCH3 is 1. The highest BCUT2D eigenvalue weighted by Gasteiger charge is 2.41. The number of thiocarbonyl (C=S) groups is 1. The van der Waals surface area contributed by atoms with Gasteiger partial charge in [-0.05, 0) is 67.2 Å². The van der Waals surface area contributed by atoms with Crippen molar-refractivity contribution in [3.05, 3.63) is 50.6 Å². The van der Waals surface area contributed by atoms with Crippen molar-refractivity contribution in [2.24, 2.45) is 0 Å². The van der Waals surface area contributed by atoms with Crippen LogP contribution in [-0.2, 0) is 9.53 Å². The van der Waals surface area contributed by atoms with Gasteiger partial charge in [0.25, 0.3) is 0 Å². The molecule has 1 fully saturated rings. The lowest BCUT2D eigenvalue weighted by Crippen LogP contribution is -2.31. The van der Waals surface area contributed by atoms with E-state index >= 15 is 0 Å². The fraction of sp³-hybridized carbons (Fsp3) is 0.421. The van der Waals surface area contributed by atoms with E-state index in [1.165, 1.54) is 16.2 Å². The molecule has 1 aliphatic heterocycles. The molecule has 2 aromatic rings. The number of hydrogen-bond acceptors (Lipinski definition) is 4. The molecule has 0 spiro atoms. The number of nitrogens with one attached hydrogen (secondary N) is 2. The third kappa shape index (κ3) is 4.11. The number of H-pyrrole nitrogens is 1. The van der Waals surface area contributed by atoms with Gasteiger partial charge in [0.05, 0.1) is 24.9 Å². The van der Waals surface area contributed by atoms with E-state index in [9.17, 15) is 4.79 Å². The van der Waals surface area contributed by atoms with E-state index in [2.05, 4.69) is 56.6 Å². The highest BCUT2D eigenvalue weighted by molar-refractivity contribution is 14.1. The van der Waals surface area contributed by atoms with E-state index in [0.29, 0.717) is 24.5 Å². The first-order valence-corrected chi connectivity index (χ1v) is 10.3. The van der Waals surface area contributed by atoms with Crippen LogP contribution in [0.25, 0.3) is 0 Å². The van der Waals surface area contributed by atoms with Crippen molar-refractivity contribution in [1.29, 1.82) is 0 Å². The number of rotatable bonds is 6. The molecule has 1 saturated heterocycles. The van der Waals surface area contributed by atoms with Gasteiger partial charge in [0.1, 0.15) is 0 Å². The normalized spacial score (nSPS) is 19.3. The zero-order valence-electron chi connectivity index (χ0n) is 15.6. The number of aromatic nitrogens is 2. The van der Waals surface area contributed by atoms with Gasteiger partial charge in [0.15, 0.2) is 5.11 Å². The molecule has 0 amide bonds. The first-order valence-electron chi connectivity index (χ1n) is 8.83. The molecule has 144 valence electrons. The topological polar surface area (TPSA) is 70.2 Å². The number of halogens is 1. The SMILES string of the molecule is COC(=O)CCCN1C(=S)NC(c2ccccn2)C1c1c(C)[nH]c(C)c1I. The average Bonchev–Trinajstić information content (AvgIpc) is 3.11. The van der Waals surface area contributed by atoms with Crippen molar-refractivity contribution in [2.75, 3.05) is 13.7 Å². The molecule has 0 radical (unpaired) electrons. The summed E-state index contributed by atoms with van der Waals surface area (Å²) < 4.78 is 5.97. The lowest BCUT2D eigenvalue weighted by Gasteiger charge is -2.28. The number of hydrogen-bond donors (Lipinski definition) is 2. The van der Waals surface area contributed by atoms with E-state index in [1.54, 1.807) is 6.20 Å². The largest absolute Gasteiger partial charge is 0.469 e. The smallest absolute Gasteiger partial charge is 0.305 e. The number of aromatic amines is 1. The van der Waals surface area contributed by atoms with Gasteiger partial charge >= 0.3 is 5.97 Å². The molecule has 2 N–H and O–H groups in total. The predicted molar refractivity (Wildman–Crippen MR) is 116 cm³/mol. The fourth-order valence-electron chi connectivity index (χ4n) is 3.58. The summed E-state index contributed by atoms with van der Waals surface area (Å²) in [6.45, 7) is 4.85. The van der Waals surface area contributed by atoms with Gasteiger partial charge in [-0.15, -0.1) is 0 Å². The van der Waals surface area contributed by atoms with Crippen molar-refractivity contribution in [3.8, 4) is 0 Å². The third-order valence-electron chi connectivity index (χ3n) is 4.85. The summed E-state index contributed by atoms with van der Waals surface area (Å²) in [6, 6.07) is 5.90. The molecule has 2 aromatic heterocycles. The molecule has 0 saturated carbocycles. The van der Waals surface area contributed by atoms with E-state index in [1.807, 2.05) is 18.2 Å². The number of pyridine rings is 1. The Morgan fingerprint density at radius 1 is 1.37 bits per heavy atom. The first kappa shape index (κ1) is 20.1. The number of nitrogens with zero attached hydrogens (tertiary/aromatic N) is 2. The maximum absolute atomic E-state index is 11.5. The minimum atomic E-state index is -0.200. The van der Waals surface area contributed by atoms with Gasteiger partial charge in [-0.3, -0.25) is 9.78 Å². The average molecular weight is 498 g/mol. The van der Waals surface area contributed by atoms with E-state index in [-0.39, 0.29) is 18.1 Å². The minimum absolute atomic E-state index is 0.0156. The quantitative estimate of drug-likeness (QED) is 0.361. The molecule has 0 aromatic carbocycles. The Balaban J connectivity index is 1.96. The third-order valence-corrected chi connectivity index (χ3v) is 6.59. The van der Waals surface area contributed by atoms with E-state index in [0.717, 1.165) is 17.1 Å². The second-order valence-electron chi connectivity index (χ2n) is 6.60. The summed E-state index contributed by atoms with van der Waals surface area (Å²) in [4.78, 5) is 21.7. The Kier molecular flexibility index (Phi) is 6.36. The number of carbonyl (C=O) groups is 1. The van der Waals surface area contributed by atoms with E-state index < -0.39 is 0 Å². The van der Waals surface area contributed by atoms with Crippen molar-refractivity contribution in [1.82, 2.24) is 20.2 Å². The van der Waals surface area contributed by atoms with Crippen LogP contribution in [0.1, 0.15) is 47.6 Å². The molecule has 3 rings (SSSR count). The van der Waals surface area contributed by atoms with Gasteiger partial charge in [-0.2, -0.15) is 0 Å². The van der Waals surface area contributed by atoms with Gasteiger partial charge in [-0.1, -0.05) is 6.07 Å². The predicted octanol–water partition coefficient (Wildman–Crippen LogP) is 3.56. The Hall–Kier alpha value is -1.68. The van der Waals surface area contributed by atoms with Crippen molar-refractivity contribution >= 4 is 45.9 Å². The Morgan fingerprint density at radius 3 is 2.74 bits per heavy atom. The number of carbonyl (C=O) groups excluding carboxylic acids is 1. The van der Waals surface area contributed by atoms with Crippen LogP contribution in [0.5, 0.6) is 0 Å². The van der Waals surface area contributed by atoms with Crippen LogP contribution in [0, 0.1) is 17.4 Å². The molecule has 8 heteroatoms. The Bertz CT molecular complexity index is 840. The molecule has 0 aliphatic carbocycles. The molecular formula is C19H23IN4O2S. The fourth-order valence-corrected chi connectivity index (χ4v) is 4.77. The highest BCUT2D eigenvalue weighted by Crippen LogP contribution is 2.42. The molecule has 6 nitrogen and oxygen atoms in total. The minimum Gasteiger partial charge on any atom is -0.469 e. The van der Waals surface area contributed by atoms with Gasteiger partial charge in [-0.25, -0.2) is 0 Å². The van der Waals surface area contributed by atoms with Crippen LogP contribution in [0.4, 0.5) is 0 Å². The summed E-state index contributed by atoms with van der Waals surface area (Å²) >= 11 is 8.05. The number of aryl methyl sites for hydroxylation is 2. The number of ether oxygens (including phenoxy) is 1. The number of esters is 1. The van der Waals surface area contributed by atoms with Gasteiger partial charge < -0.3 is 19.9 Å². The van der Waals surface area contributed by atoms with Gasteiger partial charge in [0, 0.05) is 39.7 Å². The Labute approximate surface area is 178 Å². The summed E-state index contributed by atoms with van der Waals surface area (Å²) in [7, 11) is 1.42.